The van der Waals surface area contributed by atoms with Gasteiger partial charge in [0.25, 0.3) is 5.91 Å². The van der Waals surface area contributed by atoms with Crippen LogP contribution in [0.3, 0.4) is 0 Å². The number of hydrogen-bond donors (Lipinski definition) is 2. The van der Waals surface area contributed by atoms with E-state index in [1.165, 1.54) is 6.26 Å². The molecule has 1 saturated heterocycles. The van der Waals surface area contributed by atoms with Gasteiger partial charge in [0.1, 0.15) is 17.6 Å². The van der Waals surface area contributed by atoms with Crippen molar-refractivity contribution in [3.8, 4) is 0 Å². The quantitative estimate of drug-likeness (QED) is 0.837. The Morgan fingerprint density at radius 3 is 2.56 bits per heavy atom. The van der Waals surface area contributed by atoms with Crippen molar-refractivity contribution in [2.24, 2.45) is 0 Å². The predicted molar refractivity (Wildman–Crippen MR) is 61.3 cm³/mol. The minimum atomic E-state index is -1.24. The number of aliphatic carboxylic acids is 1. The fourth-order valence-electron chi connectivity index (χ4n) is 1.96. The first-order valence-electron chi connectivity index (χ1n) is 5.72. The van der Waals surface area contributed by atoms with Crippen LogP contribution in [-0.2, 0) is 9.53 Å². The van der Waals surface area contributed by atoms with Crippen molar-refractivity contribution in [1.82, 2.24) is 5.32 Å². The molecule has 1 aromatic heterocycles. The lowest BCUT2D eigenvalue weighted by molar-refractivity contribution is -0.148. The smallest absolute Gasteiger partial charge is 0.329 e. The van der Waals surface area contributed by atoms with Crippen molar-refractivity contribution in [3.05, 3.63) is 23.7 Å². The van der Waals surface area contributed by atoms with E-state index in [2.05, 4.69) is 5.32 Å². The third-order valence-electron chi connectivity index (χ3n) is 3.10. The zero-order valence-corrected chi connectivity index (χ0v) is 10.1. The van der Waals surface area contributed by atoms with Gasteiger partial charge in [-0.05, 0) is 13.0 Å². The molecule has 18 heavy (non-hydrogen) atoms. The standard InChI is InChI=1S/C12H15NO5/c1-8-6-9(7-18-8)10(14)13-12(11(15)16)2-4-17-5-3-12/h6-7H,2-5H2,1H3,(H,13,14)(H,15,16). The topological polar surface area (TPSA) is 88.8 Å². The number of nitrogens with one attached hydrogen (secondary N) is 1. The molecule has 1 aliphatic heterocycles. The molecule has 2 N–H and O–H groups in total. The zero-order chi connectivity index (χ0) is 13.2. The summed E-state index contributed by atoms with van der Waals surface area (Å²) in [4.78, 5) is 23.3. The van der Waals surface area contributed by atoms with E-state index in [1.54, 1.807) is 13.0 Å². The minimum absolute atomic E-state index is 0.269. The van der Waals surface area contributed by atoms with E-state index in [0.717, 1.165) is 0 Å². The average Bonchev–Trinajstić information content (AvgIpc) is 2.77. The lowest BCUT2D eigenvalue weighted by Gasteiger charge is -2.33. The Morgan fingerprint density at radius 1 is 1.39 bits per heavy atom. The molecule has 1 aromatic rings. The van der Waals surface area contributed by atoms with E-state index in [-0.39, 0.29) is 12.8 Å². The van der Waals surface area contributed by atoms with Crippen LogP contribution in [0.15, 0.2) is 16.7 Å². The van der Waals surface area contributed by atoms with Gasteiger partial charge in [-0.25, -0.2) is 4.79 Å². The van der Waals surface area contributed by atoms with Crippen molar-refractivity contribution in [2.75, 3.05) is 13.2 Å². The van der Waals surface area contributed by atoms with Crippen LogP contribution in [-0.4, -0.2) is 35.7 Å². The van der Waals surface area contributed by atoms with Crippen LogP contribution in [0.5, 0.6) is 0 Å². The highest BCUT2D eigenvalue weighted by Crippen LogP contribution is 2.22. The third kappa shape index (κ3) is 2.38. The van der Waals surface area contributed by atoms with E-state index in [0.29, 0.717) is 24.5 Å². The molecule has 1 fully saturated rings. The van der Waals surface area contributed by atoms with Gasteiger partial charge in [-0.15, -0.1) is 0 Å². The van der Waals surface area contributed by atoms with Crippen LogP contribution < -0.4 is 5.32 Å². The Hall–Kier alpha value is -1.82. The van der Waals surface area contributed by atoms with Crippen molar-refractivity contribution in [1.29, 1.82) is 0 Å². The van der Waals surface area contributed by atoms with Gasteiger partial charge in [0.15, 0.2) is 0 Å². The van der Waals surface area contributed by atoms with Crippen molar-refractivity contribution in [3.63, 3.8) is 0 Å². The number of carbonyl (C=O) groups is 2. The summed E-state index contributed by atoms with van der Waals surface area (Å²) in [7, 11) is 0. The molecule has 98 valence electrons. The summed E-state index contributed by atoms with van der Waals surface area (Å²) < 4.78 is 10.2. The summed E-state index contributed by atoms with van der Waals surface area (Å²) in [6, 6.07) is 1.57. The van der Waals surface area contributed by atoms with Gasteiger partial charge in [0.05, 0.1) is 5.56 Å². The van der Waals surface area contributed by atoms with E-state index >= 15 is 0 Å². The third-order valence-corrected chi connectivity index (χ3v) is 3.10. The Morgan fingerprint density at radius 2 is 2.06 bits per heavy atom. The SMILES string of the molecule is Cc1cc(C(=O)NC2(C(=O)O)CCOCC2)co1. The van der Waals surface area contributed by atoms with Gasteiger partial charge in [-0.2, -0.15) is 0 Å². The summed E-state index contributed by atoms with van der Waals surface area (Å²) in [5, 5.41) is 11.9. The lowest BCUT2D eigenvalue weighted by atomic mass is 9.90. The monoisotopic (exact) mass is 253 g/mol. The van der Waals surface area contributed by atoms with Crippen LogP contribution in [0.1, 0.15) is 29.0 Å². The highest BCUT2D eigenvalue weighted by Gasteiger charge is 2.41. The molecular weight excluding hydrogens is 238 g/mol. The van der Waals surface area contributed by atoms with E-state index < -0.39 is 17.4 Å². The number of hydrogen-bond acceptors (Lipinski definition) is 4. The first-order valence-corrected chi connectivity index (χ1v) is 5.72. The zero-order valence-electron chi connectivity index (χ0n) is 10.1. The van der Waals surface area contributed by atoms with Gasteiger partial charge in [-0.3, -0.25) is 4.79 Å². The van der Waals surface area contributed by atoms with Crippen molar-refractivity contribution >= 4 is 11.9 Å². The van der Waals surface area contributed by atoms with Gasteiger partial charge in [0, 0.05) is 26.1 Å². The van der Waals surface area contributed by atoms with Crippen molar-refractivity contribution < 1.29 is 23.8 Å². The molecule has 6 nitrogen and oxygen atoms in total. The van der Waals surface area contributed by atoms with Crippen molar-refractivity contribution in [2.45, 2.75) is 25.3 Å². The number of carboxylic acid groups (broad SMARTS) is 1. The Balaban J connectivity index is 2.14. The molecule has 0 atom stereocenters. The Labute approximate surface area is 104 Å². The highest BCUT2D eigenvalue weighted by atomic mass is 16.5. The van der Waals surface area contributed by atoms with Crippen LogP contribution in [0.2, 0.25) is 0 Å². The fourth-order valence-corrected chi connectivity index (χ4v) is 1.96. The molecule has 2 heterocycles. The molecule has 1 amide bonds. The number of amides is 1. The molecule has 2 rings (SSSR count). The van der Waals surface area contributed by atoms with Gasteiger partial charge in [-0.1, -0.05) is 0 Å². The van der Waals surface area contributed by atoms with Crippen LogP contribution in [0.25, 0.3) is 0 Å². The number of carbonyl (C=O) groups excluding carboxylic acids is 1. The maximum atomic E-state index is 12.0. The molecule has 0 spiro atoms. The van der Waals surface area contributed by atoms with Gasteiger partial charge < -0.3 is 19.6 Å². The minimum Gasteiger partial charge on any atom is -0.480 e. The summed E-state index contributed by atoms with van der Waals surface area (Å²) in [5.74, 6) is -0.855. The Bertz CT molecular complexity index is 459. The Kier molecular flexibility index (Phi) is 3.38. The molecule has 0 aliphatic carbocycles. The predicted octanol–water partition coefficient (Wildman–Crippen LogP) is 0.952. The molecule has 0 bridgehead atoms. The highest BCUT2D eigenvalue weighted by molar-refractivity contribution is 5.97. The molecule has 1 aliphatic rings. The fraction of sp³-hybridized carbons (Fsp3) is 0.500. The molecular formula is C12H15NO5. The number of rotatable bonds is 3. The van der Waals surface area contributed by atoms with E-state index in [4.69, 9.17) is 9.15 Å². The van der Waals surface area contributed by atoms with Gasteiger partial charge in [0.2, 0.25) is 0 Å². The second kappa shape index (κ2) is 4.81. The number of carboxylic acids is 1. The molecule has 0 radical (unpaired) electrons. The second-order valence-corrected chi connectivity index (χ2v) is 4.40. The lowest BCUT2D eigenvalue weighted by Crippen LogP contribution is -2.57. The number of ether oxygens (including phenoxy) is 1. The van der Waals surface area contributed by atoms with Gasteiger partial charge >= 0.3 is 5.97 Å². The molecule has 0 saturated carbocycles. The van der Waals surface area contributed by atoms with E-state index in [1.807, 2.05) is 0 Å². The second-order valence-electron chi connectivity index (χ2n) is 4.40. The maximum Gasteiger partial charge on any atom is 0.329 e. The van der Waals surface area contributed by atoms with Crippen LogP contribution in [0, 0.1) is 6.92 Å². The molecule has 0 unspecified atom stereocenters. The van der Waals surface area contributed by atoms with Crippen LogP contribution in [0.4, 0.5) is 0 Å². The first-order chi connectivity index (χ1) is 8.53. The normalized spacial score (nSPS) is 18.3. The summed E-state index contributed by atoms with van der Waals surface area (Å²) in [6.45, 7) is 2.38. The maximum absolute atomic E-state index is 12.0. The largest absolute Gasteiger partial charge is 0.480 e. The summed E-state index contributed by atoms with van der Waals surface area (Å²) in [6.07, 6.45) is 1.86. The molecule has 6 heteroatoms. The average molecular weight is 253 g/mol. The summed E-state index contributed by atoms with van der Waals surface area (Å²) in [5.41, 5.74) is -0.903. The summed E-state index contributed by atoms with van der Waals surface area (Å²) >= 11 is 0. The molecule has 0 aromatic carbocycles. The van der Waals surface area contributed by atoms with E-state index in [9.17, 15) is 14.7 Å². The van der Waals surface area contributed by atoms with Crippen LogP contribution >= 0.6 is 0 Å². The number of furan rings is 1. The first kappa shape index (κ1) is 12.6. The number of aryl methyl sites for hydroxylation is 1.